The minimum absolute atomic E-state index is 0.439. The standard InChI is InChI=1S/C26H20N2O4S/c1-16(24(29)28-26-27-20(15-33-26)17-9-3-2-4-10-17)31-25(30)23-18-11-5-7-13-21(18)32-22-14-8-6-12-19(22)23/h2-16,23H,1H3,(H,27,28,29). The minimum Gasteiger partial charge on any atom is -0.457 e. The molecule has 3 aromatic carbocycles. The number of nitrogens with zero attached hydrogens (tertiary/aromatic N) is 1. The molecule has 0 spiro atoms. The first-order valence-corrected chi connectivity index (χ1v) is 11.4. The van der Waals surface area contributed by atoms with Gasteiger partial charge in [-0.3, -0.25) is 14.9 Å². The normalized spacial score (nSPS) is 13.2. The number of para-hydroxylation sites is 2. The van der Waals surface area contributed by atoms with E-state index in [9.17, 15) is 9.59 Å². The molecule has 4 aromatic rings. The van der Waals surface area contributed by atoms with Gasteiger partial charge in [-0.1, -0.05) is 66.7 Å². The van der Waals surface area contributed by atoms with E-state index in [1.165, 1.54) is 11.3 Å². The van der Waals surface area contributed by atoms with Crippen molar-refractivity contribution in [3.63, 3.8) is 0 Å². The second kappa shape index (κ2) is 8.88. The van der Waals surface area contributed by atoms with Gasteiger partial charge in [0.25, 0.3) is 5.91 Å². The van der Waals surface area contributed by atoms with Crippen LogP contribution in [0.25, 0.3) is 11.3 Å². The number of rotatable bonds is 5. The van der Waals surface area contributed by atoms with E-state index >= 15 is 0 Å². The number of esters is 1. The molecule has 0 saturated carbocycles. The number of nitrogens with one attached hydrogen (secondary N) is 1. The molecule has 1 N–H and O–H groups in total. The first kappa shape index (κ1) is 20.9. The molecule has 33 heavy (non-hydrogen) atoms. The quantitative estimate of drug-likeness (QED) is 0.395. The second-order valence-corrected chi connectivity index (χ2v) is 8.44. The highest BCUT2D eigenvalue weighted by atomic mass is 32.1. The zero-order valence-electron chi connectivity index (χ0n) is 17.7. The third kappa shape index (κ3) is 4.23. The molecule has 0 bridgehead atoms. The van der Waals surface area contributed by atoms with Crippen LogP contribution in [-0.2, 0) is 14.3 Å². The monoisotopic (exact) mass is 456 g/mol. The molecule has 164 valence electrons. The maximum Gasteiger partial charge on any atom is 0.318 e. The average molecular weight is 457 g/mol. The lowest BCUT2D eigenvalue weighted by Gasteiger charge is -2.27. The van der Waals surface area contributed by atoms with Crippen molar-refractivity contribution in [3.8, 4) is 22.8 Å². The van der Waals surface area contributed by atoms with Crippen molar-refractivity contribution >= 4 is 28.3 Å². The van der Waals surface area contributed by atoms with Gasteiger partial charge in [0.05, 0.1) is 5.69 Å². The highest BCUT2D eigenvalue weighted by molar-refractivity contribution is 7.14. The van der Waals surface area contributed by atoms with Crippen molar-refractivity contribution < 1.29 is 19.1 Å². The number of thiazole rings is 1. The molecule has 0 fully saturated rings. The summed E-state index contributed by atoms with van der Waals surface area (Å²) in [5.41, 5.74) is 3.16. The summed E-state index contributed by atoms with van der Waals surface area (Å²) in [7, 11) is 0. The van der Waals surface area contributed by atoms with Crippen LogP contribution >= 0.6 is 11.3 Å². The van der Waals surface area contributed by atoms with Gasteiger partial charge in [0, 0.05) is 22.1 Å². The third-order valence-electron chi connectivity index (χ3n) is 5.38. The SMILES string of the molecule is CC(OC(=O)C1c2ccccc2Oc2ccccc21)C(=O)Nc1nc(-c2ccccc2)cs1. The van der Waals surface area contributed by atoms with Crippen LogP contribution in [0.2, 0.25) is 0 Å². The van der Waals surface area contributed by atoms with E-state index in [1.54, 1.807) is 6.92 Å². The number of amides is 1. The van der Waals surface area contributed by atoms with E-state index in [2.05, 4.69) is 10.3 Å². The van der Waals surface area contributed by atoms with Crippen LogP contribution in [0.15, 0.2) is 84.2 Å². The van der Waals surface area contributed by atoms with E-state index in [4.69, 9.17) is 9.47 Å². The van der Waals surface area contributed by atoms with Crippen LogP contribution in [0, 0.1) is 0 Å². The first-order valence-electron chi connectivity index (χ1n) is 10.5. The number of ether oxygens (including phenoxy) is 2. The summed E-state index contributed by atoms with van der Waals surface area (Å²) in [5.74, 6) is -0.417. The molecule has 1 aromatic heterocycles. The van der Waals surface area contributed by atoms with E-state index in [1.807, 2.05) is 84.2 Å². The van der Waals surface area contributed by atoms with Crippen molar-refractivity contribution in [2.24, 2.45) is 0 Å². The number of aromatic nitrogens is 1. The number of carbonyl (C=O) groups excluding carboxylic acids is 2. The fraction of sp³-hybridized carbons (Fsp3) is 0.115. The van der Waals surface area contributed by atoms with Gasteiger partial charge in [0.2, 0.25) is 0 Å². The molecule has 1 unspecified atom stereocenters. The molecule has 0 saturated heterocycles. The van der Waals surface area contributed by atoms with Gasteiger partial charge >= 0.3 is 5.97 Å². The van der Waals surface area contributed by atoms with Crippen molar-refractivity contribution in [1.29, 1.82) is 0 Å². The lowest BCUT2D eigenvalue weighted by Crippen LogP contribution is -2.32. The molecule has 2 heterocycles. The second-order valence-electron chi connectivity index (χ2n) is 7.58. The molecule has 1 aliphatic heterocycles. The maximum atomic E-state index is 13.2. The van der Waals surface area contributed by atoms with Gasteiger partial charge in [-0.2, -0.15) is 0 Å². The van der Waals surface area contributed by atoms with E-state index in [0.29, 0.717) is 27.8 Å². The van der Waals surface area contributed by atoms with Gasteiger partial charge in [-0.15, -0.1) is 11.3 Å². The molecule has 1 atom stereocenters. The Hall–Kier alpha value is -3.97. The van der Waals surface area contributed by atoms with Crippen LogP contribution in [0.1, 0.15) is 24.0 Å². The van der Waals surface area contributed by atoms with Crippen LogP contribution < -0.4 is 10.1 Å². The number of carbonyl (C=O) groups is 2. The zero-order chi connectivity index (χ0) is 22.8. The summed E-state index contributed by atoms with van der Waals surface area (Å²) in [6.07, 6.45) is -0.997. The Balaban J connectivity index is 1.31. The van der Waals surface area contributed by atoms with Crippen LogP contribution in [0.3, 0.4) is 0 Å². The summed E-state index contributed by atoms with van der Waals surface area (Å²) in [5, 5.41) is 5.07. The molecular formula is C26H20N2O4S. The molecule has 1 aliphatic rings. The van der Waals surface area contributed by atoms with Crippen LogP contribution in [0.4, 0.5) is 5.13 Å². The Morgan fingerprint density at radius 1 is 0.939 bits per heavy atom. The van der Waals surface area contributed by atoms with Gasteiger partial charge in [0.15, 0.2) is 11.2 Å². The first-order chi connectivity index (χ1) is 16.1. The highest BCUT2D eigenvalue weighted by Gasteiger charge is 2.35. The molecule has 1 amide bonds. The Kier molecular flexibility index (Phi) is 5.62. The summed E-state index contributed by atoms with van der Waals surface area (Å²) < 4.78 is 11.5. The number of fused-ring (bicyclic) bond motifs is 2. The summed E-state index contributed by atoms with van der Waals surface area (Å²) in [4.78, 5) is 30.4. The number of hydrogen-bond donors (Lipinski definition) is 1. The van der Waals surface area contributed by atoms with Crippen LogP contribution in [-0.4, -0.2) is 23.0 Å². The summed E-state index contributed by atoms with van der Waals surface area (Å²) >= 11 is 1.32. The molecular weight excluding hydrogens is 436 g/mol. The largest absolute Gasteiger partial charge is 0.457 e. The fourth-order valence-electron chi connectivity index (χ4n) is 3.74. The zero-order valence-corrected chi connectivity index (χ0v) is 18.5. The molecule has 7 heteroatoms. The van der Waals surface area contributed by atoms with Gasteiger partial charge < -0.3 is 9.47 Å². The maximum absolute atomic E-state index is 13.2. The van der Waals surface area contributed by atoms with E-state index in [0.717, 1.165) is 11.3 Å². The molecule has 5 rings (SSSR count). The van der Waals surface area contributed by atoms with Crippen molar-refractivity contribution in [2.45, 2.75) is 18.9 Å². The number of anilines is 1. The minimum atomic E-state index is -0.997. The average Bonchev–Trinajstić information content (AvgIpc) is 3.31. The van der Waals surface area contributed by atoms with Crippen molar-refractivity contribution in [3.05, 3.63) is 95.4 Å². The summed E-state index contributed by atoms with van der Waals surface area (Å²) in [6, 6.07) is 24.4. The fourth-order valence-corrected chi connectivity index (χ4v) is 4.46. The Labute approximate surface area is 194 Å². The Bertz CT molecular complexity index is 1270. The summed E-state index contributed by atoms with van der Waals surface area (Å²) in [6.45, 7) is 1.55. The van der Waals surface area contributed by atoms with Gasteiger partial charge in [-0.05, 0) is 19.1 Å². The Morgan fingerprint density at radius 2 is 1.55 bits per heavy atom. The van der Waals surface area contributed by atoms with Gasteiger partial charge in [0.1, 0.15) is 17.4 Å². The number of hydrogen-bond acceptors (Lipinski definition) is 6. The van der Waals surface area contributed by atoms with E-state index in [-0.39, 0.29) is 0 Å². The van der Waals surface area contributed by atoms with Crippen molar-refractivity contribution in [2.75, 3.05) is 5.32 Å². The lowest BCUT2D eigenvalue weighted by atomic mass is 9.88. The highest BCUT2D eigenvalue weighted by Crippen LogP contribution is 2.44. The third-order valence-corrected chi connectivity index (χ3v) is 6.14. The predicted octanol–water partition coefficient (Wildman–Crippen LogP) is 5.62. The topological polar surface area (TPSA) is 77.5 Å². The smallest absolute Gasteiger partial charge is 0.318 e. The number of benzene rings is 3. The molecule has 0 radical (unpaired) electrons. The predicted molar refractivity (Wildman–Crippen MR) is 127 cm³/mol. The van der Waals surface area contributed by atoms with Crippen molar-refractivity contribution in [1.82, 2.24) is 4.98 Å². The van der Waals surface area contributed by atoms with Gasteiger partial charge in [-0.25, -0.2) is 4.98 Å². The molecule has 6 nitrogen and oxygen atoms in total. The Morgan fingerprint density at radius 3 is 2.21 bits per heavy atom. The van der Waals surface area contributed by atoms with E-state index < -0.39 is 23.9 Å². The van der Waals surface area contributed by atoms with Crippen LogP contribution in [0.5, 0.6) is 11.5 Å². The molecule has 0 aliphatic carbocycles. The lowest BCUT2D eigenvalue weighted by molar-refractivity contribution is -0.153.